The fourth-order valence-electron chi connectivity index (χ4n) is 1.65. The number of benzene rings is 1. The lowest BCUT2D eigenvalue weighted by molar-refractivity contribution is -0.119. The van der Waals surface area contributed by atoms with Crippen molar-refractivity contribution in [3.05, 3.63) is 34.3 Å². The first-order valence-electron chi connectivity index (χ1n) is 5.26. The van der Waals surface area contributed by atoms with E-state index in [0.717, 1.165) is 10.0 Å². The molecule has 0 saturated carbocycles. The second-order valence-corrected chi connectivity index (χ2v) is 4.87. The molecule has 1 aromatic rings. The molecule has 0 N–H and O–H groups in total. The average Bonchev–Trinajstić information content (AvgIpc) is 2.20. The molecule has 16 heavy (non-hydrogen) atoms. The lowest BCUT2D eigenvalue weighted by atomic mass is 9.90. The number of halogens is 1. The summed E-state index contributed by atoms with van der Waals surface area (Å²) in [4.78, 5) is 22.5. The fourth-order valence-corrected chi connectivity index (χ4v) is 1.91. The topological polar surface area (TPSA) is 34.1 Å². The number of ketones is 2. The van der Waals surface area contributed by atoms with Gasteiger partial charge < -0.3 is 4.79 Å². The van der Waals surface area contributed by atoms with E-state index in [1.165, 1.54) is 0 Å². The maximum Gasteiger partial charge on any atom is 0.137 e. The van der Waals surface area contributed by atoms with Crippen molar-refractivity contribution in [1.82, 2.24) is 0 Å². The molecule has 1 aromatic carbocycles. The predicted molar refractivity (Wildman–Crippen MR) is 67.5 cm³/mol. The number of hydrogen-bond acceptors (Lipinski definition) is 2. The molecular formula is C13H15BrO2. The van der Waals surface area contributed by atoms with Crippen LogP contribution < -0.4 is 0 Å². The highest BCUT2D eigenvalue weighted by molar-refractivity contribution is 9.10. The van der Waals surface area contributed by atoms with Crippen molar-refractivity contribution >= 4 is 27.5 Å². The predicted octanol–water partition coefficient (Wildman–Crippen LogP) is 3.49. The first kappa shape index (κ1) is 13.1. The summed E-state index contributed by atoms with van der Waals surface area (Å²) in [6.07, 6.45) is 1.06. The van der Waals surface area contributed by atoms with Gasteiger partial charge >= 0.3 is 0 Å². The van der Waals surface area contributed by atoms with E-state index in [1.54, 1.807) is 13.8 Å². The third-order valence-electron chi connectivity index (χ3n) is 2.55. The summed E-state index contributed by atoms with van der Waals surface area (Å²) in [5, 5.41) is 0. The summed E-state index contributed by atoms with van der Waals surface area (Å²) in [6.45, 7) is 3.13. The minimum Gasteiger partial charge on any atom is -0.300 e. The number of carbonyl (C=O) groups is 2. The molecular weight excluding hydrogens is 268 g/mol. The van der Waals surface area contributed by atoms with Crippen LogP contribution >= 0.6 is 15.9 Å². The largest absolute Gasteiger partial charge is 0.300 e. The maximum atomic E-state index is 11.5. The van der Waals surface area contributed by atoms with Gasteiger partial charge in [0.25, 0.3) is 0 Å². The third kappa shape index (κ3) is 3.89. The van der Waals surface area contributed by atoms with Gasteiger partial charge in [0.05, 0.1) is 0 Å². The summed E-state index contributed by atoms with van der Waals surface area (Å²) in [7, 11) is 0. The molecule has 0 saturated heterocycles. The van der Waals surface area contributed by atoms with E-state index in [4.69, 9.17) is 0 Å². The maximum absolute atomic E-state index is 11.5. The molecule has 0 heterocycles. The monoisotopic (exact) mass is 282 g/mol. The zero-order chi connectivity index (χ0) is 12.1. The van der Waals surface area contributed by atoms with Gasteiger partial charge in [-0.05, 0) is 38.0 Å². The van der Waals surface area contributed by atoms with Crippen molar-refractivity contribution < 1.29 is 9.59 Å². The molecule has 0 aliphatic heterocycles. The van der Waals surface area contributed by atoms with Crippen LogP contribution in [-0.4, -0.2) is 11.6 Å². The van der Waals surface area contributed by atoms with Crippen molar-refractivity contribution in [3.63, 3.8) is 0 Å². The van der Waals surface area contributed by atoms with E-state index in [9.17, 15) is 9.59 Å². The van der Waals surface area contributed by atoms with Crippen LogP contribution in [0.2, 0.25) is 0 Å². The van der Waals surface area contributed by atoms with Crippen LogP contribution in [0.15, 0.2) is 28.7 Å². The van der Waals surface area contributed by atoms with Gasteiger partial charge in [-0.2, -0.15) is 0 Å². The first-order valence-corrected chi connectivity index (χ1v) is 6.05. The molecule has 0 amide bonds. The Morgan fingerprint density at radius 1 is 1.19 bits per heavy atom. The van der Waals surface area contributed by atoms with Crippen molar-refractivity contribution in [3.8, 4) is 0 Å². The van der Waals surface area contributed by atoms with E-state index < -0.39 is 0 Å². The summed E-state index contributed by atoms with van der Waals surface area (Å²) in [5.41, 5.74) is 0.983. The normalized spacial score (nSPS) is 12.2. The molecule has 3 heteroatoms. The van der Waals surface area contributed by atoms with Crippen LogP contribution in [-0.2, 0) is 9.59 Å². The van der Waals surface area contributed by atoms with Crippen LogP contribution in [0.1, 0.15) is 38.2 Å². The Morgan fingerprint density at radius 3 is 2.19 bits per heavy atom. The standard InChI is InChI=1S/C13H15BrO2/c1-9(15)3-8-13(10(2)16)11-4-6-12(14)7-5-11/h4-7,13H,3,8H2,1-2H3. The zero-order valence-electron chi connectivity index (χ0n) is 9.50. The van der Waals surface area contributed by atoms with Crippen LogP contribution in [0.25, 0.3) is 0 Å². The highest BCUT2D eigenvalue weighted by Crippen LogP contribution is 2.24. The molecule has 1 unspecified atom stereocenters. The summed E-state index contributed by atoms with van der Waals surface area (Å²) in [5.74, 6) is 0.0870. The van der Waals surface area contributed by atoms with Crippen LogP contribution in [0, 0.1) is 0 Å². The Balaban J connectivity index is 2.81. The van der Waals surface area contributed by atoms with Crippen molar-refractivity contribution in [2.45, 2.75) is 32.6 Å². The zero-order valence-corrected chi connectivity index (χ0v) is 11.1. The van der Waals surface area contributed by atoms with Crippen molar-refractivity contribution in [2.24, 2.45) is 0 Å². The Labute approximate surface area is 104 Å². The third-order valence-corrected chi connectivity index (χ3v) is 3.08. The Hall–Kier alpha value is -0.960. The SMILES string of the molecule is CC(=O)CCC(C(C)=O)c1ccc(Br)cc1. The minimum absolute atomic E-state index is 0.114. The quantitative estimate of drug-likeness (QED) is 0.829. The Bertz CT molecular complexity index is 381. The van der Waals surface area contributed by atoms with Gasteiger partial charge in [-0.25, -0.2) is 0 Å². The van der Waals surface area contributed by atoms with Gasteiger partial charge in [0.15, 0.2) is 0 Å². The van der Waals surface area contributed by atoms with Crippen molar-refractivity contribution in [1.29, 1.82) is 0 Å². The number of carbonyl (C=O) groups excluding carboxylic acids is 2. The summed E-state index contributed by atoms with van der Waals surface area (Å²) >= 11 is 3.35. The van der Waals surface area contributed by atoms with Gasteiger partial charge in [0, 0.05) is 16.8 Å². The molecule has 0 fully saturated rings. The first-order chi connectivity index (χ1) is 7.50. The molecule has 1 atom stereocenters. The molecule has 0 aromatic heterocycles. The second-order valence-electron chi connectivity index (χ2n) is 3.96. The molecule has 1 rings (SSSR count). The molecule has 0 spiro atoms. The lowest BCUT2D eigenvalue weighted by Crippen LogP contribution is -2.10. The van der Waals surface area contributed by atoms with Crippen molar-refractivity contribution in [2.75, 3.05) is 0 Å². The molecule has 2 nitrogen and oxygen atoms in total. The van der Waals surface area contributed by atoms with Crippen LogP contribution in [0.3, 0.4) is 0 Å². The molecule has 86 valence electrons. The number of Topliss-reactive ketones (excluding diaryl/α,β-unsaturated/α-hetero) is 2. The highest BCUT2D eigenvalue weighted by Gasteiger charge is 2.16. The van der Waals surface area contributed by atoms with E-state index in [0.29, 0.717) is 12.8 Å². The van der Waals surface area contributed by atoms with E-state index >= 15 is 0 Å². The molecule has 0 bridgehead atoms. The fraction of sp³-hybridized carbons (Fsp3) is 0.385. The van der Waals surface area contributed by atoms with Crippen LogP contribution in [0.4, 0.5) is 0 Å². The Morgan fingerprint density at radius 2 is 1.75 bits per heavy atom. The molecule has 0 aliphatic carbocycles. The van der Waals surface area contributed by atoms with Gasteiger partial charge in [0.2, 0.25) is 0 Å². The second kappa shape index (κ2) is 5.94. The minimum atomic E-state index is -0.156. The Kier molecular flexibility index (Phi) is 4.87. The molecule has 0 radical (unpaired) electrons. The van der Waals surface area contributed by atoms with E-state index in [-0.39, 0.29) is 17.5 Å². The van der Waals surface area contributed by atoms with E-state index in [1.807, 2.05) is 24.3 Å². The van der Waals surface area contributed by atoms with Gasteiger partial charge in [-0.3, -0.25) is 4.79 Å². The molecule has 0 aliphatic rings. The summed E-state index contributed by atoms with van der Waals surface area (Å²) in [6, 6.07) is 7.69. The van der Waals surface area contributed by atoms with E-state index in [2.05, 4.69) is 15.9 Å². The smallest absolute Gasteiger partial charge is 0.137 e. The lowest BCUT2D eigenvalue weighted by Gasteiger charge is -2.13. The van der Waals surface area contributed by atoms with Gasteiger partial charge in [-0.15, -0.1) is 0 Å². The highest BCUT2D eigenvalue weighted by atomic mass is 79.9. The summed E-state index contributed by atoms with van der Waals surface area (Å²) < 4.78 is 0.991. The van der Waals surface area contributed by atoms with Crippen LogP contribution in [0.5, 0.6) is 0 Å². The van der Waals surface area contributed by atoms with Gasteiger partial charge in [0.1, 0.15) is 11.6 Å². The average molecular weight is 283 g/mol. The van der Waals surface area contributed by atoms with Gasteiger partial charge in [-0.1, -0.05) is 28.1 Å². The number of hydrogen-bond donors (Lipinski definition) is 0. The number of rotatable bonds is 5.